The maximum atomic E-state index is 14.3. The van der Waals surface area contributed by atoms with Gasteiger partial charge in [-0.1, -0.05) is 66.2 Å². The number of aliphatic carboxylic acids is 1. The molecule has 0 heterocycles. The highest BCUT2D eigenvalue weighted by atomic mass is 19.1. The van der Waals surface area contributed by atoms with Crippen molar-refractivity contribution in [3.63, 3.8) is 0 Å². The van der Waals surface area contributed by atoms with E-state index in [0.717, 1.165) is 68.9 Å². The molecule has 4 fully saturated rings. The Labute approximate surface area is 335 Å². The lowest BCUT2D eigenvalue weighted by Crippen LogP contribution is -2.65. The van der Waals surface area contributed by atoms with Crippen LogP contribution in [-0.4, -0.2) is 41.9 Å². The smallest absolute Gasteiger partial charge is 0.309 e. The number of hydrogen-bond acceptors (Lipinski definition) is 6. The number of carbonyl (C=O) groups is 4. The molecule has 4 aliphatic carbocycles. The maximum Gasteiger partial charge on any atom is 0.309 e. The van der Waals surface area contributed by atoms with Crippen molar-refractivity contribution in [3.8, 4) is 0 Å². The summed E-state index contributed by atoms with van der Waals surface area (Å²) in [5.41, 5.74) is 2.68. The number of fused-ring (bicyclic) bond motifs is 5. The Hall–Kier alpha value is -3.49. The summed E-state index contributed by atoms with van der Waals surface area (Å²) in [5.74, 6) is -0.500. The largest absolute Gasteiger partial charge is 0.481 e. The molecule has 0 unspecified atom stereocenters. The summed E-state index contributed by atoms with van der Waals surface area (Å²) in [6, 6.07) is 6.04. The summed E-state index contributed by atoms with van der Waals surface area (Å²) < 4.78 is 19.4. The number of ketones is 1. The predicted molar refractivity (Wildman–Crippen MR) is 218 cm³/mol. The molecular weight excluding hydrogens is 708 g/mol. The van der Waals surface area contributed by atoms with Gasteiger partial charge in [0.2, 0.25) is 5.91 Å². The fourth-order valence-electron chi connectivity index (χ4n) is 12.4. The highest BCUT2D eigenvalue weighted by Gasteiger charge is 2.67. The number of halogens is 1. The summed E-state index contributed by atoms with van der Waals surface area (Å²) >= 11 is 0. The molecule has 4 aliphatic rings. The van der Waals surface area contributed by atoms with E-state index in [9.17, 15) is 28.7 Å². The lowest BCUT2D eigenvalue weighted by Gasteiger charge is -2.71. The Morgan fingerprint density at radius 3 is 2.23 bits per heavy atom. The minimum absolute atomic E-state index is 0.0480. The minimum atomic E-state index is -1.17. The molecule has 9 heteroatoms. The standard InChI is InChI=1S/C47H69FN2O6/c1-29(2)41(35(51)19-17-32(49-10)26-39(52)50-28-30-13-15-31(48)16-14-30)33-12-11-23-46(8)34(33)18-20-37-45(7)24-22-38(56-40(53)27-43(3,4)42(54)55)44(5,6)36(45)21-25-47(37,46)9/h13-16,26,29,34,36-38,49H,11-12,17-25,27-28H2,1-10H3,(H,50,52)(H,54,55)/b32-26-,41-33+/t34-,36+,37-,38+,45+,46-,47-/m1/s1. The Kier molecular flexibility index (Phi) is 12.8. The second kappa shape index (κ2) is 16.4. The van der Waals surface area contributed by atoms with Gasteiger partial charge >= 0.3 is 11.9 Å². The number of Topliss-reactive ketones (excluding diaryl/α,β-unsaturated/α-hetero) is 1. The fraction of sp³-hybridized carbons (Fsp3) is 0.702. The number of ether oxygens (including phenoxy) is 1. The van der Waals surface area contributed by atoms with Gasteiger partial charge in [-0.2, -0.15) is 0 Å². The van der Waals surface area contributed by atoms with E-state index in [1.54, 1.807) is 33.0 Å². The fourth-order valence-corrected chi connectivity index (χ4v) is 12.4. The molecule has 0 aliphatic heterocycles. The lowest BCUT2D eigenvalue weighted by atomic mass is 9.34. The third-order valence-corrected chi connectivity index (χ3v) is 15.7. The zero-order chi connectivity index (χ0) is 41.4. The topological polar surface area (TPSA) is 122 Å². The second-order valence-electron chi connectivity index (χ2n) is 20.0. The van der Waals surface area contributed by atoms with Crippen LogP contribution in [-0.2, 0) is 30.5 Å². The number of amides is 1. The first-order chi connectivity index (χ1) is 26.1. The van der Waals surface area contributed by atoms with Gasteiger partial charge < -0.3 is 20.5 Å². The number of benzene rings is 1. The highest BCUT2D eigenvalue weighted by Crippen LogP contribution is 2.74. The number of allylic oxidation sites excluding steroid dienone is 3. The van der Waals surface area contributed by atoms with Crippen LogP contribution >= 0.6 is 0 Å². The molecule has 3 N–H and O–H groups in total. The molecule has 4 saturated carbocycles. The number of carbonyl (C=O) groups excluding carboxylic acids is 3. The first-order valence-corrected chi connectivity index (χ1v) is 21.2. The van der Waals surface area contributed by atoms with Gasteiger partial charge in [-0.05, 0) is 141 Å². The number of carboxylic acid groups (broad SMARTS) is 1. The number of carboxylic acids is 1. The molecule has 1 amide bonds. The van der Waals surface area contributed by atoms with Crippen molar-refractivity contribution in [2.24, 2.45) is 50.7 Å². The Morgan fingerprint density at radius 2 is 1.61 bits per heavy atom. The molecule has 0 saturated heterocycles. The maximum absolute atomic E-state index is 14.3. The highest BCUT2D eigenvalue weighted by molar-refractivity contribution is 5.97. The quantitative estimate of drug-likeness (QED) is 0.135. The van der Waals surface area contributed by atoms with Crippen LogP contribution in [0.15, 0.2) is 47.2 Å². The van der Waals surface area contributed by atoms with Gasteiger partial charge in [0.15, 0.2) is 5.78 Å². The van der Waals surface area contributed by atoms with Crippen LogP contribution in [0, 0.1) is 56.6 Å². The van der Waals surface area contributed by atoms with Crippen LogP contribution in [0.5, 0.6) is 0 Å². The minimum Gasteiger partial charge on any atom is -0.481 e. The summed E-state index contributed by atoms with van der Waals surface area (Å²) in [7, 11) is 1.77. The summed E-state index contributed by atoms with van der Waals surface area (Å²) in [6.45, 7) is 19.9. The van der Waals surface area contributed by atoms with E-state index in [1.807, 2.05) is 0 Å². The molecule has 0 aromatic heterocycles. The summed E-state index contributed by atoms with van der Waals surface area (Å²) in [4.78, 5) is 51.9. The van der Waals surface area contributed by atoms with Crippen LogP contribution in [0.2, 0.25) is 0 Å². The first-order valence-electron chi connectivity index (χ1n) is 21.2. The van der Waals surface area contributed by atoms with Crippen LogP contribution in [0.3, 0.4) is 0 Å². The summed E-state index contributed by atoms with van der Waals surface area (Å²) in [6.07, 6.45) is 11.2. The van der Waals surface area contributed by atoms with Crippen molar-refractivity contribution in [3.05, 3.63) is 58.6 Å². The Balaban J connectivity index is 1.32. The van der Waals surface area contributed by atoms with Crippen LogP contribution < -0.4 is 10.6 Å². The van der Waals surface area contributed by atoms with Crippen molar-refractivity contribution in [1.29, 1.82) is 0 Å². The molecule has 1 aromatic rings. The van der Waals surface area contributed by atoms with Gasteiger partial charge in [-0.25, -0.2) is 4.39 Å². The SMILES string of the molecule is CN/C(=C\C(=O)NCc1ccc(F)cc1)CCC(=O)/C(=C1\CCC[C@]2(C)[C@@H]1CC[C@@H]1[C@@]3(C)CC[C@H](OC(=O)CC(C)(C)C(=O)O)C(C)(C)[C@@H]3CC[C@]12C)C(C)C. The van der Waals surface area contributed by atoms with E-state index < -0.39 is 17.4 Å². The monoisotopic (exact) mass is 777 g/mol. The zero-order valence-corrected chi connectivity index (χ0v) is 35.8. The van der Waals surface area contributed by atoms with Gasteiger partial charge in [-0.3, -0.25) is 19.2 Å². The Morgan fingerprint density at radius 1 is 0.929 bits per heavy atom. The van der Waals surface area contributed by atoms with Crippen LogP contribution in [0.1, 0.15) is 145 Å². The lowest BCUT2D eigenvalue weighted by molar-refractivity contribution is -0.230. The van der Waals surface area contributed by atoms with Gasteiger partial charge in [0, 0.05) is 37.2 Å². The summed E-state index contributed by atoms with van der Waals surface area (Å²) in [5, 5.41) is 15.6. The molecule has 0 bridgehead atoms. The Bertz CT molecular complexity index is 1730. The van der Waals surface area contributed by atoms with Crippen molar-refractivity contribution < 1.29 is 33.4 Å². The predicted octanol–water partition coefficient (Wildman–Crippen LogP) is 9.72. The van der Waals surface area contributed by atoms with E-state index in [2.05, 4.69) is 59.1 Å². The van der Waals surface area contributed by atoms with E-state index in [1.165, 1.54) is 23.8 Å². The molecule has 1 aromatic carbocycles. The van der Waals surface area contributed by atoms with Gasteiger partial charge in [0.05, 0.1) is 11.8 Å². The molecule has 0 spiro atoms. The molecule has 310 valence electrons. The van der Waals surface area contributed by atoms with Crippen LogP contribution in [0.4, 0.5) is 4.39 Å². The molecule has 0 radical (unpaired) electrons. The number of hydrogen-bond donors (Lipinski definition) is 3. The third kappa shape index (κ3) is 8.25. The average Bonchev–Trinajstić information content (AvgIpc) is 3.11. The average molecular weight is 777 g/mol. The molecule has 5 rings (SSSR count). The van der Waals surface area contributed by atoms with Crippen LogP contribution in [0.25, 0.3) is 0 Å². The van der Waals surface area contributed by atoms with E-state index >= 15 is 0 Å². The van der Waals surface area contributed by atoms with Gasteiger partial charge in [0.25, 0.3) is 0 Å². The zero-order valence-electron chi connectivity index (χ0n) is 35.8. The molecule has 8 nitrogen and oxygen atoms in total. The normalized spacial score (nSPS) is 32.3. The van der Waals surface area contributed by atoms with Crippen molar-refractivity contribution in [2.75, 3.05) is 7.05 Å². The van der Waals surface area contributed by atoms with Crippen molar-refractivity contribution in [2.45, 2.75) is 152 Å². The van der Waals surface area contributed by atoms with E-state index in [0.29, 0.717) is 36.3 Å². The molecule has 56 heavy (non-hydrogen) atoms. The first kappa shape index (κ1) is 43.6. The van der Waals surface area contributed by atoms with Crippen molar-refractivity contribution in [1.82, 2.24) is 10.6 Å². The van der Waals surface area contributed by atoms with E-state index in [-0.39, 0.29) is 64.2 Å². The third-order valence-electron chi connectivity index (χ3n) is 15.7. The van der Waals surface area contributed by atoms with Gasteiger partial charge in [-0.15, -0.1) is 0 Å². The number of nitrogens with one attached hydrogen (secondary N) is 2. The number of rotatable bonds is 13. The van der Waals surface area contributed by atoms with Gasteiger partial charge in [0.1, 0.15) is 11.9 Å². The molecule has 7 atom stereocenters. The van der Waals surface area contributed by atoms with E-state index in [4.69, 9.17) is 4.74 Å². The van der Waals surface area contributed by atoms with Crippen molar-refractivity contribution >= 4 is 23.6 Å². The second-order valence-corrected chi connectivity index (χ2v) is 20.0. The molecular formula is C47H69FN2O6. The number of esters is 1.